The average molecular weight is 1150 g/mol. The van der Waals surface area contributed by atoms with E-state index in [0.717, 1.165) is 65.2 Å². The maximum Gasteiger partial charge on any atom is 0.509 e. The van der Waals surface area contributed by atoms with Gasteiger partial charge in [0.05, 0.1) is 36.2 Å². The molecule has 1 heterocycles. The van der Waals surface area contributed by atoms with E-state index in [-0.39, 0.29) is 41.9 Å². The number of unbranched alkanes of at least 4 members (excludes halogenated alkanes) is 9. The molecule has 3 aliphatic carbocycles. The molecule has 0 aromatic heterocycles. The minimum absolute atomic E-state index is 0.0347. The number of carbonyl (C=O) groups is 7. The number of hydrogen-bond donors (Lipinski definition) is 3. The molecular weight excluding hydrogens is 1060 g/mol. The monoisotopic (exact) mass is 1150 g/mol. The molecule has 2 bridgehead atoms. The molecule has 3 aromatic rings. The maximum atomic E-state index is 15.8. The van der Waals surface area contributed by atoms with E-state index in [4.69, 9.17) is 33.2 Å². The normalized spacial score (nSPS) is 26.9. The molecule has 1 saturated heterocycles. The van der Waals surface area contributed by atoms with E-state index in [9.17, 15) is 34.2 Å². The summed E-state index contributed by atoms with van der Waals surface area (Å²) in [7, 11) is 0. The Morgan fingerprint density at radius 3 is 1.93 bits per heavy atom. The second-order valence-electron chi connectivity index (χ2n) is 23.1. The van der Waals surface area contributed by atoms with Crippen LogP contribution in [0.25, 0.3) is 0 Å². The third kappa shape index (κ3) is 14.4. The van der Waals surface area contributed by atoms with Crippen molar-refractivity contribution in [3.05, 3.63) is 143 Å². The van der Waals surface area contributed by atoms with E-state index in [1.165, 1.54) is 45.2 Å². The van der Waals surface area contributed by atoms with Crippen LogP contribution in [-0.2, 0) is 52.3 Å². The number of esters is 4. The first-order valence-corrected chi connectivity index (χ1v) is 29.4. The van der Waals surface area contributed by atoms with Gasteiger partial charge < -0.3 is 48.7 Å². The topological polar surface area (TPSA) is 237 Å². The molecule has 1 aliphatic heterocycles. The summed E-state index contributed by atoms with van der Waals surface area (Å²) in [5.74, 6) is -7.01. The van der Waals surface area contributed by atoms with Crippen LogP contribution in [0.2, 0.25) is 0 Å². The van der Waals surface area contributed by atoms with Gasteiger partial charge in [-0.3, -0.25) is 19.2 Å². The van der Waals surface area contributed by atoms with E-state index in [0.29, 0.717) is 12.0 Å². The van der Waals surface area contributed by atoms with Crippen LogP contribution < -0.4 is 5.32 Å². The zero-order valence-electron chi connectivity index (χ0n) is 49.0. The minimum atomic E-state index is -2.47. The van der Waals surface area contributed by atoms with Gasteiger partial charge in [-0.05, 0) is 93.3 Å². The molecule has 17 nitrogen and oxygen atoms in total. The molecule has 3 aromatic carbocycles. The van der Waals surface area contributed by atoms with Crippen molar-refractivity contribution < 1.29 is 76.9 Å². The van der Waals surface area contributed by atoms with Crippen LogP contribution in [0.15, 0.2) is 126 Å². The molecule has 4 aliphatic rings. The van der Waals surface area contributed by atoms with Gasteiger partial charge in [-0.1, -0.05) is 150 Å². The summed E-state index contributed by atoms with van der Waals surface area (Å²) in [6, 6.07) is 22.9. The SMILES string of the molecule is CCCCC/C=C\C/C=C\CCCCCCCCOC(=O)OC(C(=O)OC1C[C@@]2(O)[C@@H](OC(=O)c3ccccc3)[C@@H]3[C@]4(OC(C)=O)CO[C@@H]4C[C@H](O)[C@@]3(C)C(=O)[C@H](OC(C)=O)C(=C1C)C2(C)C)[C@@H](NC(=O)c1ccccc1)c1ccccc1. The van der Waals surface area contributed by atoms with E-state index < -0.39 is 119 Å². The highest BCUT2D eigenvalue weighted by molar-refractivity contribution is 5.96. The first kappa shape index (κ1) is 63.6. The predicted octanol–water partition coefficient (Wildman–Crippen LogP) is 10.7. The number of nitrogens with one attached hydrogen (secondary N) is 1. The number of aliphatic hydroxyl groups is 2. The molecule has 83 heavy (non-hydrogen) atoms. The number of rotatable bonds is 26. The van der Waals surface area contributed by atoms with Gasteiger partial charge >= 0.3 is 30.0 Å². The largest absolute Gasteiger partial charge is 0.509 e. The van der Waals surface area contributed by atoms with Crippen molar-refractivity contribution in [2.45, 2.75) is 192 Å². The molecule has 3 fully saturated rings. The molecule has 2 unspecified atom stereocenters. The van der Waals surface area contributed by atoms with Crippen molar-refractivity contribution in [3.8, 4) is 0 Å². The standard InChI is InChI=1S/C66H83NO16/c1-8-9-10-11-12-13-14-15-16-17-18-19-20-21-22-32-39-77-62(75)81-55(53(46-33-26-23-27-34-46)67-59(72)47-35-28-24-29-36-47)61(74)80-49-41-66(76)58(82-60(73)48-37-30-25-31-38-48)56-64(7,50(70)40-51-65(56,42-78-51)83-45(4)69)57(71)54(79-44(3)68)52(43(49)2)63(66,5)6/h12-13,15-16,23-31,33-38,49-51,53-56,58,70,76H,8-11,14,17-22,32,39-42H2,1-7H3,(H,67,72)/b13-12-,16-15-/t49?,50-,51+,53-,54+,55?,56-,58-,64+,65-,66+/m0/s1. The number of fused-ring (bicyclic) bond motifs is 5. The van der Waals surface area contributed by atoms with Crippen LogP contribution in [0, 0.1) is 16.7 Å². The Labute approximate surface area is 487 Å². The summed E-state index contributed by atoms with van der Waals surface area (Å²) in [4.78, 5) is 100. The number of benzene rings is 3. The van der Waals surface area contributed by atoms with Crippen molar-refractivity contribution in [2.75, 3.05) is 13.2 Å². The van der Waals surface area contributed by atoms with Gasteiger partial charge in [-0.2, -0.15) is 0 Å². The van der Waals surface area contributed by atoms with Crippen molar-refractivity contribution >= 4 is 41.7 Å². The summed E-state index contributed by atoms with van der Waals surface area (Å²) >= 11 is 0. The molecule has 0 spiro atoms. The van der Waals surface area contributed by atoms with Crippen LogP contribution >= 0.6 is 0 Å². The van der Waals surface area contributed by atoms with Gasteiger partial charge in [0.1, 0.15) is 30.0 Å². The van der Waals surface area contributed by atoms with Crippen LogP contribution in [0.4, 0.5) is 4.79 Å². The summed E-state index contributed by atoms with van der Waals surface area (Å²) in [6.45, 7) is 10.1. The van der Waals surface area contributed by atoms with Crippen LogP contribution in [0.5, 0.6) is 0 Å². The fraction of sp³-hybridized carbons (Fsp3) is 0.530. The zero-order valence-corrected chi connectivity index (χ0v) is 49.0. The Morgan fingerprint density at radius 2 is 1.34 bits per heavy atom. The second kappa shape index (κ2) is 28.6. The molecule has 3 N–H and O–H groups in total. The summed E-state index contributed by atoms with van der Waals surface area (Å²) in [6.07, 6.45) is 8.94. The van der Waals surface area contributed by atoms with Gasteiger partial charge in [-0.25, -0.2) is 14.4 Å². The zero-order chi connectivity index (χ0) is 60.0. The highest BCUT2D eigenvalue weighted by Crippen LogP contribution is 2.64. The van der Waals surface area contributed by atoms with E-state index in [1.807, 2.05) is 0 Å². The van der Waals surface area contributed by atoms with Gasteiger partial charge in [-0.15, -0.1) is 0 Å². The molecule has 448 valence electrons. The number of allylic oxidation sites excluding steroid dienone is 4. The second-order valence-corrected chi connectivity index (χ2v) is 23.1. The van der Waals surface area contributed by atoms with Crippen molar-refractivity contribution in [3.63, 3.8) is 0 Å². The summed E-state index contributed by atoms with van der Waals surface area (Å²) in [5.41, 5.74) is -7.42. The molecule has 7 rings (SSSR count). The fourth-order valence-electron chi connectivity index (χ4n) is 12.7. The highest BCUT2D eigenvalue weighted by Gasteiger charge is 2.78. The number of hydrogen-bond acceptors (Lipinski definition) is 16. The minimum Gasteiger partial charge on any atom is -0.455 e. The molecule has 1 amide bonds. The van der Waals surface area contributed by atoms with E-state index in [1.54, 1.807) is 92.7 Å². The number of ether oxygens (including phenoxy) is 7. The molecular formula is C66H83NO16. The highest BCUT2D eigenvalue weighted by atomic mass is 16.7. The van der Waals surface area contributed by atoms with Gasteiger partial charge in [0.25, 0.3) is 5.91 Å². The lowest BCUT2D eigenvalue weighted by molar-refractivity contribution is -0.346. The third-order valence-corrected chi connectivity index (χ3v) is 17.2. The summed E-state index contributed by atoms with van der Waals surface area (Å²) in [5, 5.41) is 29.2. The molecule has 0 radical (unpaired) electrons. The van der Waals surface area contributed by atoms with Crippen molar-refractivity contribution in [1.29, 1.82) is 0 Å². The van der Waals surface area contributed by atoms with Crippen LogP contribution in [0.1, 0.15) is 171 Å². The first-order chi connectivity index (χ1) is 39.7. The van der Waals surface area contributed by atoms with E-state index >= 15 is 9.59 Å². The fourth-order valence-corrected chi connectivity index (χ4v) is 12.7. The quantitative estimate of drug-likeness (QED) is 0.0293. The van der Waals surface area contributed by atoms with E-state index in [2.05, 4.69) is 36.5 Å². The molecule has 17 heteroatoms. The van der Waals surface area contributed by atoms with Gasteiger partial charge in [0, 0.05) is 37.7 Å². The smallest absolute Gasteiger partial charge is 0.455 e. The Balaban J connectivity index is 1.21. The lowest BCUT2D eigenvalue weighted by Gasteiger charge is -2.67. The average Bonchev–Trinajstić information content (AvgIpc) is 0.824. The number of amides is 1. The number of Topliss-reactive ketones (excluding diaryl/α,β-unsaturated/α-hetero) is 1. The molecule has 11 atom stereocenters. The van der Waals surface area contributed by atoms with Gasteiger partial charge in [0.2, 0.25) is 6.10 Å². The first-order valence-electron chi connectivity index (χ1n) is 29.4. The van der Waals surface area contributed by atoms with Crippen molar-refractivity contribution in [1.82, 2.24) is 5.32 Å². The Bertz CT molecular complexity index is 2830. The third-order valence-electron chi connectivity index (χ3n) is 17.2. The predicted molar refractivity (Wildman–Crippen MR) is 307 cm³/mol. The van der Waals surface area contributed by atoms with Crippen LogP contribution in [-0.4, -0.2) is 113 Å². The Morgan fingerprint density at radius 1 is 0.747 bits per heavy atom. The lowest BCUT2D eigenvalue weighted by Crippen LogP contribution is -2.82. The Hall–Kier alpha value is -6.95. The Kier molecular flexibility index (Phi) is 21.9. The lowest BCUT2D eigenvalue weighted by atomic mass is 9.44. The number of carbonyl (C=O) groups excluding carboxylic acids is 7. The number of aliphatic hydroxyl groups excluding tert-OH is 1. The number of ketones is 1. The van der Waals surface area contributed by atoms with Crippen molar-refractivity contribution in [2.24, 2.45) is 16.7 Å². The molecule has 2 saturated carbocycles. The van der Waals surface area contributed by atoms with Crippen LogP contribution in [0.3, 0.4) is 0 Å². The maximum absolute atomic E-state index is 15.8. The summed E-state index contributed by atoms with van der Waals surface area (Å²) < 4.78 is 42.6. The van der Waals surface area contributed by atoms with Gasteiger partial charge in [0.15, 0.2) is 17.5 Å².